The van der Waals surface area contributed by atoms with Gasteiger partial charge in [0.05, 0.1) is 4.92 Å². The third-order valence-electron chi connectivity index (χ3n) is 2.85. The van der Waals surface area contributed by atoms with Gasteiger partial charge in [0, 0.05) is 25.2 Å². The van der Waals surface area contributed by atoms with Crippen molar-refractivity contribution in [2.45, 2.75) is 19.9 Å². The largest absolute Gasteiger partial charge is 0.384 e. The average molecular weight is 267 g/mol. The highest BCUT2D eigenvalue weighted by molar-refractivity contribution is 5.61. The fraction of sp³-hybridized carbons (Fsp3) is 0.583. The normalized spacial score (nSPS) is 12.5. The van der Waals surface area contributed by atoms with Crippen molar-refractivity contribution in [3.63, 3.8) is 0 Å². The molecule has 7 heteroatoms. The molecule has 0 radical (unpaired) electrons. The van der Waals surface area contributed by atoms with E-state index in [2.05, 4.69) is 4.98 Å². The molecule has 1 rings (SSSR count). The molecule has 2 N–H and O–H groups in total. The van der Waals surface area contributed by atoms with Gasteiger partial charge < -0.3 is 15.5 Å². The summed E-state index contributed by atoms with van der Waals surface area (Å²) < 4.78 is 0. The van der Waals surface area contributed by atoms with Crippen LogP contribution in [0.2, 0.25) is 0 Å². The Bertz CT molecular complexity index is 450. The van der Waals surface area contributed by atoms with Crippen molar-refractivity contribution in [2.75, 3.05) is 37.8 Å². The van der Waals surface area contributed by atoms with E-state index in [1.54, 1.807) is 0 Å². The summed E-state index contributed by atoms with van der Waals surface area (Å²) in [7, 11) is 3.93. The molecule has 0 aliphatic heterocycles. The van der Waals surface area contributed by atoms with Crippen LogP contribution in [0.1, 0.15) is 13.8 Å². The van der Waals surface area contributed by atoms with E-state index in [1.807, 2.05) is 37.7 Å². The summed E-state index contributed by atoms with van der Waals surface area (Å²) in [6.07, 6.45) is 0. The fourth-order valence-corrected chi connectivity index (χ4v) is 2.11. The number of rotatable bonds is 6. The summed E-state index contributed by atoms with van der Waals surface area (Å²) in [6.45, 7) is 5.37. The Morgan fingerprint density at radius 3 is 2.58 bits per heavy atom. The number of anilines is 2. The van der Waals surface area contributed by atoms with Crippen LogP contribution in [-0.4, -0.2) is 48.0 Å². The van der Waals surface area contributed by atoms with E-state index >= 15 is 0 Å². The second kappa shape index (κ2) is 6.33. The zero-order valence-corrected chi connectivity index (χ0v) is 11.8. The zero-order chi connectivity index (χ0) is 14.6. The van der Waals surface area contributed by atoms with Crippen LogP contribution >= 0.6 is 0 Å². The number of nitrogens with zero attached hydrogens (tertiary/aromatic N) is 4. The third kappa shape index (κ3) is 3.78. The molecule has 19 heavy (non-hydrogen) atoms. The molecule has 0 fully saturated rings. The second-order valence-electron chi connectivity index (χ2n) is 4.73. The molecule has 7 nitrogen and oxygen atoms in total. The maximum atomic E-state index is 11.1. The SMILES string of the molecule is CCN(c1nc(N)ccc1[N+](=O)[O-])C(C)CN(C)C. The van der Waals surface area contributed by atoms with Crippen LogP contribution in [0.5, 0.6) is 0 Å². The predicted molar refractivity (Wildman–Crippen MR) is 76.3 cm³/mol. The van der Waals surface area contributed by atoms with Crippen LogP contribution in [0.3, 0.4) is 0 Å². The number of hydrogen-bond acceptors (Lipinski definition) is 6. The van der Waals surface area contributed by atoms with Gasteiger partial charge in [0.2, 0.25) is 5.82 Å². The molecule has 0 aromatic carbocycles. The first kappa shape index (κ1) is 15.2. The lowest BCUT2D eigenvalue weighted by Crippen LogP contribution is -2.40. The first-order valence-corrected chi connectivity index (χ1v) is 6.19. The lowest BCUT2D eigenvalue weighted by atomic mass is 10.2. The molecule has 0 saturated heterocycles. The molecule has 1 heterocycles. The second-order valence-corrected chi connectivity index (χ2v) is 4.73. The number of aromatic nitrogens is 1. The van der Waals surface area contributed by atoms with Gasteiger partial charge in [0.25, 0.3) is 0 Å². The van der Waals surface area contributed by atoms with E-state index in [0.717, 1.165) is 6.54 Å². The van der Waals surface area contributed by atoms with Crippen molar-refractivity contribution in [1.82, 2.24) is 9.88 Å². The number of nitrogen functional groups attached to an aromatic ring is 1. The van der Waals surface area contributed by atoms with E-state index in [9.17, 15) is 10.1 Å². The van der Waals surface area contributed by atoms with Crippen molar-refractivity contribution in [3.8, 4) is 0 Å². The molecule has 0 bridgehead atoms. The molecule has 1 atom stereocenters. The van der Waals surface area contributed by atoms with Gasteiger partial charge in [-0.2, -0.15) is 0 Å². The Hall–Kier alpha value is -1.89. The van der Waals surface area contributed by atoms with E-state index in [0.29, 0.717) is 12.4 Å². The molecule has 0 aliphatic carbocycles. The highest BCUT2D eigenvalue weighted by atomic mass is 16.6. The molecule has 0 spiro atoms. The Morgan fingerprint density at radius 1 is 1.47 bits per heavy atom. The Labute approximate surface area is 113 Å². The quantitative estimate of drug-likeness (QED) is 0.618. The van der Waals surface area contributed by atoms with Crippen molar-refractivity contribution < 1.29 is 4.92 Å². The lowest BCUT2D eigenvalue weighted by molar-refractivity contribution is -0.384. The van der Waals surface area contributed by atoms with Gasteiger partial charge >= 0.3 is 5.69 Å². The summed E-state index contributed by atoms with van der Waals surface area (Å²) in [5.74, 6) is 0.623. The Kier molecular flexibility index (Phi) is 5.05. The highest BCUT2D eigenvalue weighted by Crippen LogP contribution is 2.28. The number of likely N-dealkylation sites (N-methyl/N-ethyl adjacent to an activating group) is 2. The van der Waals surface area contributed by atoms with Crippen LogP contribution in [0, 0.1) is 10.1 Å². The first-order valence-electron chi connectivity index (χ1n) is 6.19. The summed E-state index contributed by atoms with van der Waals surface area (Å²) >= 11 is 0. The van der Waals surface area contributed by atoms with Gasteiger partial charge in [-0.05, 0) is 34.0 Å². The van der Waals surface area contributed by atoms with Crippen LogP contribution in [0.25, 0.3) is 0 Å². The predicted octanol–water partition coefficient (Wildman–Crippen LogP) is 1.35. The van der Waals surface area contributed by atoms with Gasteiger partial charge in [-0.15, -0.1) is 0 Å². The average Bonchev–Trinajstić information content (AvgIpc) is 2.28. The van der Waals surface area contributed by atoms with Crippen LogP contribution in [-0.2, 0) is 0 Å². The lowest BCUT2D eigenvalue weighted by Gasteiger charge is -2.30. The number of nitro groups is 1. The Balaban J connectivity index is 3.16. The van der Waals surface area contributed by atoms with Gasteiger partial charge in [-0.3, -0.25) is 10.1 Å². The molecular weight excluding hydrogens is 246 g/mol. The molecule has 1 aromatic rings. The standard InChI is InChI=1S/C12H21N5O2/c1-5-16(9(2)8-15(3)4)12-10(17(18)19)6-7-11(13)14-12/h6-7,9H,5,8H2,1-4H3,(H2,13,14). The highest BCUT2D eigenvalue weighted by Gasteiger charge is 2.24. The van der Waals surface area contributed by atoms with E-state index < -0.39 is 4.92 Å². The summed E-state index contributed by atoms with van der Waals surface area (Å²) in [5.41, 5.74) is 5.64. The third-order valence-corrected chi connectivity index (χ3v) is 2.85. The van der Waals surface area contributed by atoms with Crippen LogP contribution in [0.4, 0.5) is 17.3 Å². The van der Waals surface area contributed by atoms with Gasteiger partial charge in [0.1, 0.15) is 5.82 Å². The minimum absolute atomic E-state index is 0.0124. The number of pyridine rings is 1. The van der Waals surface area contributed by atoms with Gasteiger partial charge in [0.15, 0.2) is 0 Å². The summed E-state index contributed by atoms with van der Waals surface area (Å²) in [6, 6.07) is 2.96. The monoisotopic (exact) mass is 267 g/mol. The van der Waals surface area contributed by atoms with Crippen molar-refractivity contribution in [2.24, 2.45) is 0 Å². The topological polar surface area (TPSA) is 88.5 Å². The van der Waals surface area contributed by atoms with Gasteiger partial charge in [-0.25, -0.2) is 4.98 Å². The summed E-state index contributed by atoms with van der Waals surface area (Å²) in [4.78, 5) is 18.7. The molecule has 106 valence electrons. The van der Waals surface area contributed by atoms with Crippen LogP contribution in [0.15, 0.2) is 12.1 Å². The zero-order valence-electron chi connectivity index (χ0n) is 11.8. The van der Waals surface area contributed by atoms with Gasteiger partial charge in [-0.1, -0.05) is 0 Å². The van der Waals surface area contributed by atoms with Crippen LogP contribution < -0.4 is 10.6 Å². The molecule has 0 saturated carbocycles. The maximum absolute atomic E-state index is 11.1. The van der Waals surface area contributed by atoms with Crippen molar-refractivity contribution in [1.29, 1.82) is 0 Å². The molecular formula is C12H21N5O2. The number of hydrogen-bond donors (Lipinski definition) is 1. The van der Waals surface area contributed by atoms with E-state index in [4.69, 9.17) is 5.73 Å². The smallest absolute Gasteiger partial charge is 0.311 e. The molecule has 0 amide bonds. The fourth-order valence-electron chi connectivity index (χ4n) is 2.11. The van der Waals surface area contributed by atoms with Crippen molar-refractivity contribution >= 4 is 17.3 Å². The van der Waals surface area contributed by atoms with Crippen molar-refractivity contribution in [3.05, 3.63) is 22.2 Å². The number of nitrogens with two attached hydrogens (primary N) is 1. The van der Waals surface area contributed by atoms with E-state index in [1.165, 1.54) is 12.1 Å². The molecule has 0 aliphatic rings. The van der Waals surface area contributed by atoms with E-state index in [-0.39, 0.29) is 17.5 Å². The minimum atomic E-state index is -0.424. The molecule has 1 aromatic heterocycles. The molecule has 1 unspecified atom stereocenters. The summed E-state index contributed by atoms with van der Waals surface area (Å²) in [5, 5.41) is 11.1. The maximum Gasteiger partial charge on any atom is 0.311 e. The Morgan fingerprint density at radius 2 is 2.11 bits per heavy atom. The minimum Gasteiger partial charge on any atom is -0.384 e. The first-order chi connectivity index (χ1) is 8.86.